The molecule has 0 aliphatic carbocycles. The molecule has 1 aromatic carbocycles. The van der Waals surface area contributed by atoms with Gasteiger partial charge in [0.1, 0.15) is 5.82 Å². The fourth-order valence-corrected chi connectivity index (χ4v) is 2.77. The van der Waals surface area contributed by atoms with Gasteiger partial charge >= 0.3 is 0 Å². The highest BCUT2D eigenvalue weighted by atomic mass is 19.1. The minimum absolute atomic E-state index is 0.0717. The van der Waals surface area contributed by atoms with Crippen LogP contribution in [0.5, 0.6) is 0 Å². The van der Waals surface area contributed by atoms with Gasteiger partial charge in [-0.05, 0) is 37.5 Å². The van der Waals surface area contributed by atoms with Crippen LogP contribution in [0.4, 0.5) is 4.39 Å². The maximum absolute atomic E-state index is 13.1. The summed E-state index contributed by atoms with van der Waals surface area (Å²) < 4.78 is 18.9. The van der Waals surface area contributed by atoms with E-state index in [2.05, 4.69) is 15.5 Å². The van der Waals surface area contributed by atoms with Crippen molar-refractivity contribution in [3.63, 3.8) is 0 Å². The number of ether oxygens (including phenoxy) is 1. The molecule has 0 unspecified atom stereocenters. The highest BCUT2D eigenvalue weighted by Gasteiger charge is 2.27. The van der Waals surface area contributed by atoms with E-state index < -0.39 is 0 Å². The predicted octanol–water partition coefficient (Wildman–Crippen LogP) is 2.87. The Kier molecular flexibility index (Phi) is 4.31. The molecule has 0 spiro atoms. The Labute approximate surface area is 123 Å². The maximum atomic E-state index is 13.1. The number of aromatic amines is 1. The van der Waals surface area contributed by atoms with E-state index in [1.807, 2.05) is 25.3 Å². The van der Waals surface area contributed by atoms with Gasteiger partial charge in [0, 0.05) is 24.4 Å². The number of nitrogens with one attached hydrogen (secondary N) is 2. The van der Waals surface area contributed by atoms with Crippen LogP contribution in [0.1, 0.15) is 35.7 Å². The van der Waals surface area contributed by atoms with Crippen LogP contribution in [0.2, 0.25) is 0 Å². The molecule has 1 fully saturated rings. The van der Waals surface area contributed by atoms with Gasteiger partial charge in [-0.15, -0.1) is 0 Å². The summed E-state index contributed by atoms with van der Waals surface area (Å²) in [6, 6.07) is 6.74. The Morgan fingerprint density at radius 3 is 2.86 bits per heavy atom. The topological polar surface area (TPSA) is 49.9 Å². The summed E-state index contributed by atoms with van der Waals surface area (Å²) in [5, 5.41) is 10.5. The van der Waals surface area contributed by atoms with Gasteiger partial charge in [-0.3, -0.25) is 5.10 Å². The van der Waals surface area contributed by atoms with Gasteiger partial charge in [0.25, 0.3) is 0 Å². The second-order valence-electron chi connectivity index (χ2n) is 5.48. The van der Waals surface area contributed by atoms with Crippen LogP contribution in [0, 0.1) is 12.7 Å². The van der Waals surface area contributed by atoms with Crippen LogP contribution in [0.25, 0.3) is 0 Å². The highest BCUT2D eigenvalue weighted by Crippen LogP contribution is 2.27. The first-order valence-electron chi connectivity index (χ1n) is 7.33. The zero-order valence-electron chi connectivity index (χ0n) is 12.1. The van der Waals surface area contributed by atoms with Gasteiger partial charge in [0.05, 0.1) is 18.3 Å². The van der Waals surface area contributed by atoms with E-state index in [-0.39, 0.29) is 18.0 Å². The van der Waals surface area contributed by atoms with Crippen molar-refractivity contribution < 1.29 is 9.13 Å². The molecule has 2 aromatic rings. The lowest BCUT2D eigenvalue weighted by molar-refractivity contribution is 0.0775. The Balaban J connectivity index is 1.75. The second kappa shape index (κ2) is 6.37. The molecule has 112 valence electrons. The van der Waals surface area contributed by atoms with E-state index in [9.17, 15) is 4.39 Å². The van der Waals surface area contributed by atoms with Gasteiger partial charge in [-0.25, -0.2) is 4.39 Å². The molecule has 1 aliphatic rings. The van der Waals surface area contributed by atoms with Gasteiger partial charge in [-0.1, -0.05) is 12.1 Å². The number of H-pyrrole nitrogens is 1. The third-order valence-electron chi connectivity index (χ3n) is 4.01. The summed E-state index contributed by atoms with van der Waals surface area (Å²) in [4.78, 5) is 0. The van der Waals surface area contributed by atoms with E-state index in [0.29, 0.717) is 6.54 Å². The smallest absolute Gasteiger partial charge is 0.123 e. The Morgan fingerprint density at radius 1 is 1.43 bits per heavy atom. The highest BCUT2D eigenvalue weighted by molar-refractivity contribution is 5.22. The molecule has 1 aliphatic heterocycles. The first-order valence-corrected chi connectivity index (χ1v) is 7.33. The molecule has 3 rings (SSSR count). The summed E-state index contributed by atoms with van der Waals surface area (Å²) in [5.74, 6) is -0.212. The lowest BCUT2D eigenvalue weighted by atomic mass is 9.99. The lowest BCUT2D eigenvalue weighted by Gasteiger charge is -2.25. The molecule has 1 saturated heterocycles. The number of aromatic nitrogens is 2. The number of rotatable bonds is 5. The van der Waals surface area contributed by atoms with Crippen LogP contribution in [0.3, 0.4) is 0 Å². The molecule has 5 heteroatoms. The first kappa shape index (κ1) is 14.2. The van der Waals surface area contributed by atoms with E-state index >= 15 is 0 Å². The van der Waals surface area contributed by atoms with Crippen molar-refractivity contribution in [2.75, 3.05) is 6.61 Å². The third kappa shape index (κ3) is 3.31. The number of nitrogens with zero attached hydrogens (tertiary/aromatic N) is 1. The summed E-state index contributed by atoms with van der Waals surface area (Å²) in [5.41, 5.74) is 3.26. The number of hydrogen-bond acceptors (Lipinski definition) is 3. The molecular weight excluding hydrogens is 269 g/mol. The summed E-state index contributed by atoms with van der Waals surface area (Å²) >= 11 is 0. The molecule has 2 heterocycles. The molecular formula is C16H20FN3O. The van der Waals surface area contributed by atoms with Crippen LogP contribution >= 0.6 is 0 Å². The van der Waals surface area contributed by atoms with Crippen LogP contribution in [-0.4, -0.2) is 22.9 Å². The van der Waals surface area contributed by atoms with Crippen LogP contribution in [0.15, 0.2) is 30.5 Å². The zero-order valence-corrected chi connectivity index (χ0v) is 12.1. The Morgan fingerprint density at radius 2 is 2.24 bits per heavy atom. The summed E-state index contributed by atoms with van der Waals surface area (Å²) in [6.45, 7) is 3.52. The minimum atomic E-state index is -0.212. The molecule has 0 saturated carbocycles. The number of halogens is 1. The van der Waals surface area contributed by atoms with Crippen molar-refractivity contribution in [2.45, 2.75) is 38.5 Å². The van der Waals surface area contributed by atoms with Crippen LogP contribution < -0.4 is 5.32 Å². The van der Waals surface area contributed by atoms with Gasteiger partial charge in [-0.2, -0.15) is 5.10 Å². The second-order valence-corrected chi connectivity index (χ2v) is 5.48. The van der Waals surface area contributed by atoms with E-state index in [4.69, 9.17) is 4.74 Å². The number of aryl methyl sites for hydroxylation is 1. The average molecular weight is 289 g/mol. The fourth-order valence-electron chi connectivity index (χ4n) is 2.77. The van der Waals surface area contributed by atoms with Crippen molar-refractivity contribution in [1.29, 1.82) is 0 Å². The van der Waals surface area contributed by atoms with E-state index in [0.717, 1.165) is 36.3 Å². The first-order chi connectivity index (χ1) is 10.2. The normalized spacial score (nSPS) is 19.8. The van der Waals surface area contributed by atoms with Crippen LogP contribution in [-0.2, 0) is 11.3 Å². The molecule has 1 aromatic heterocycles. The third-order valence-corrected chi connectivity index (χ3v) is 4.01. The monoisotopic (exact) mass is 289 g/mol. The molecule has 0 radical (unpaired) electrons. The van der Waals surface area contributed by atoms with Crippen molar-refractivity contribution in [3.8, 4) is 0 Å². The van der Waals surface area contributed by atoms with Gasteiger partial charge in [0.15, 0.2) is 0 Å². The Bertz CT molecular complexity index is 575. The zero-order chi connectivity index (χ0) is 14.7. The van der Waals surface area contributed by atoms with E-state index in [1.165, 1.54) is 12.1 Å². The quantitative estimate of drug-likeness (QED) is 0.890. The number of benzene rings is 1. The van der Waals surface area contributed by atoms with Gasteiger partial charge in [0.2, 0.25) is 0 Å². The maximum Gasteiger partial charge on any atom is 0.123 e. The van der Waals surface area contributed by atoms with Crippen molar-refractivity contribution in [1.82, 2.24) is 15.5 Å². The Hall–Kier alpha value is -1.72. The van der Waals surface area contributed by atoms with Crippen molar-refractivity contribution in [2.24, 2.45) is 0 Å². The van der Waals surface area contributed by atoms with E-state index in [1.54, 1.807) is 0 Å². The summed E-state index contributed by atoms with van der Waals surface area (Å²) in [6.07, 6.45) is 4.08. The van der Waals surface area contributed by atoms with Gasteiger partial charge < -0.3 is 10.1 Å². The van der Waals surface area contributed by atoms with Crippen molar-refractivity contribution in [3.05, 3.63) is 53.1 Å². The SMILES string of the molecule is Cc1[nH]ncc1CN[C@@H](c1ccc(F)cc1)[C@@H]1CCCO1. The molecule has 4 nitrogen and oxygen atoms in total. The molecule has 21 heavy (non-hydrogen) atoms. The molecule has 0 amide bonds. The van der Waals surface area contributed by atoms with Crippen molar-refractivity contribution >= 4 is 0 Å². The molecule has 2 N–H and O–H groups in total. The predicted molar refractivity (Wildman–Crippen MR) is 78.3 cm³/mol. The molecule has 0 bridgehead atoms. The largest absolute Gasteiger partial charge is 0.376 e. The lowest BCUT2D eigenvalue weighted by Crippen LogP contribution is -2.31. The summed E-state index contributed by atoms with van der Waals surface area (Å²) in [7, 11) is 0. The minimum Gasteiger partial charge on any atom is -0.376 e. The average Bonchev–Trinajstić information content (AvgIpc) is 3.13. The standard InChI is InChI=1S/C16H20FN3O/c1-11-13(10-19-20-11)9-18-16(15-3-2-8-21-15)12-4-6-14(17)7-5-12/h4-7,10,15-16,18H,2-3,8-9H2,1H3,(H,19,20)/t15-,16-/m0/s1. The molecule has 2 atom stereocenters. The fraction of sp³-hybridized carbons (Fsp3) is 0.438. The number of hydrogen-bond donors (Lipinski definition) is 2.